The largest absolute Gasteiger partial charge is 0.389 e. The average molecular weight is 769 g/mol. The van der Waals surface area contributed by atoms with Crippen molar-refractivity contribution in [1.82, 2.24) is 0 Å². The van der Waals surface area contributed by atoms with Crippen molar-refractivity contribution in [2.24, 2.45) is 23.7 Å². The van der Waals surface area contributed by atoms with Crippen LogP contribution in [0.5, 0.6) is 0 Å². The third-order valence-electron chi connectivity index (χ3n) is 11.4. The number of sulfone groups is 1. The normalized spacial score (nSPS) is 28.2. The van der Waals surface area contributed by atoms with Crippen molar-refractivity contribution >= 4 is 20.0 Å². The third-order valence-corrected chi connectivity index (χ3v) is 13.9. The van der Waals surface area contributed by atoms with Crippen molar-refractivity contribution in [2.75, 3.05) is 25.2 Å². The fraction of sp³-hybridized carbons (Fsp3) is 0.750. The predicted molar refractivity (Wildman–Crippen MR) is 203 cm³/mol. The summed E-state index contributed by atoms with van der Waals surface area (Å²) in [5, 5.41) is 11.5. The van der Waals surface area contributed by atoms with Gasteiger partial charge in [0.25, 0.3) is 10.1 Å². The molecule has 0 radical (unpaired) electrons. The highest BCUT2D eigenvalue weighted by Crippen LogP contribution is 2.41. The fourth-order valence-corrected chi connectivity index (χ4v) is 10.3. The Hall–Kier alpha value is -1.64. The number of benzene rings is 1. The summed E-state index contributed by atoms with van der Waals surface area (Å²) >= 11 is 0. The topological polar surface area (TPSA) is 135 Å². The Morgan fingerprint density at radius 1 is 0.981 bits per heavy atom. The van der Waals surface area contributed by atoms with Gasteiger partial charge in [-0.05, 0) is 91.5 Å². The lowest BCUT2D eigenvalue weighted by atomic mass is 9.83. The van der Waals surface area contributed by atoms with Crippen molar-refractivity contribution in [2.45, 2.75) is 147 Å². The van der Waals surface area contributed by atoms with Crippen molar-refractivity contribution in [3.63, 3.8) is 0 Å². The van der Waals surface area contributed by atoms with Gasteiger partial charge < -0.3 is 24.1 Å². The molecule has 0 amide bonds. The summed E-state index contributed by atoms with van der Waals surface area (Å²) in [6.07, 6.45) is 4.84. The standard InChI is InChI=1S/C40H64O10S2/c1-9-26(3)21-38-30(7)35(25-52(44,45)34-15-11-31(10-2)12-16-34)39(49-38)24-36(41)29(6)27(4)22-33(50-51(8,42)43)13-17-37-28(5)23-32(48-37)14-18-40-46-19-20-47-40/h11-12,15-16,26-27,30,32-33,35-41H,5-6,9-10,13-14,17-25H2,1-4,7-8H3/t26-,27-,30-,32+,33-,35-,36-,37+,38-,39+/m1/s1. The van der Waals surface area contributed by atoms with Gasteiger partial charge in [-0.2, -0.15) is 8.42 Å². The van der Waals surface area contributed by atoms with Gasteiger partial charge >= 0.3 is 0 Å². The zero-order chi connectivity index (χ0) is 38.2. The molecule has 0 spiro atoms. The van der Waals surface area contributed by atoms with E-state index in [2.05, 4.69) is 33.9 Å². The molecule has 0 saturated carbocycles. The van der Waals surface area contributed by atoms with E-state index in [1.165, 1.54) is 0 Å². The summed E-state index contributed by atoms with van der Waals surface area (Å²) in [7, 11) is -7.37. The molecule has 10 atom stereocenters. The lowest BCUT2D eigenvalue weighted by molar-refractivity contribution is -0.0588. The quantitative estimate of drug-likeness (QED) is 0.105. The van der Waals surface area contributed by atoms with E-state index in [4.69, 9.17) is 23.1 Å². The number of aliphatic hydroxyl groups excluding tert-OH is 1. The van der Waals surface area contributed by atoms with E-state index in [-0.39, 0.29) is 54.5 Å². The van der Waals surface area contributed by atoms with Gasteiger partial charge in [-0.1, -0.05) is 66.3 Å². The molecule has 296 valence electrons. The maximum atomic E-state index is 13.7. The Morgan fingerprint density at radius 3 is 2.27 bits per heavy atom. The van der Waals surface area contributed by atoms with Crippen LogP contribution in [0.1, 0.15) is 98.0 Å². The monoisotopic (exact) mass is 768 g/mol. The second kappa shape index (κ2) is 19.3. The summed E-state index contributed by atoms with van der Waals surface area (Å²) in [4.78, 5) is 0.298. The first-order valence-corrected chi connectivity index (χ1v) is 22.7. The molecule has 0 aromatic heterocycles. The Kier molecular flexibility index (Phi) is 16.0. The van der Waals surface area contributed by atoms with Crippen LogP contribution in [0.25, 0.3) is 0 Å². The molecule has 12 heteroatoms. The van der Waals surface area contributed by atoms with E-state index >= 15 is 0 Å². The lowest BCUT2D eigenvalue weighted by Crippen LogP contribution is -2.32. The van der Waals surface area contributed by atoms with Crippen LogP contribution in [0.15, 0.2) is 53.5 Å². The second-order valence-corrected chi connectivity index (χ2v) is 19.2. The average Bonchev–Trinajstić information content (AvgIpc) is 3.81. The molecule has 1 N–H and O–H groups in total. The van der Waals surface area contributed by atoms with Gasteiger partial charge in [-0.3, -0.25) is 4.18 Å². The van der Waals surface area contributed by atoms with Crippen molar-refractivity contribution < 1.29 is 45.1 Å². The van der Waals surface area contributed by atoms with Gasteiger partial charge in [0.05, 0.1) is 66.7 Å². The van der Waals surface area contributed by atoms with Crippen LogP contribution in [-0.2, 0) is 49.5 Å². The molecule has 1 aromatic carbocycles. The van der Waals surface area contributed by atoms with Gasteiger partial charge in [0.15, 0.2) is 16.1 Å². The minimum atomic E-state index is -3.76. The highest BCUT2D eigenvalue weighted by atomic mass is 32.2. The number of aryl methyl sites for hydroxylation is 1. The van der Waals surface area contributed by atoms with Gasteiger partial charge in [-0.15, -0.1) is 0 Å². The van der Waals surface area contributed by atoms with Crippen LogP contribution in [-0.4, -0.2) is 90.1 Å². The Balaban J connectivity index is 1.38. The Bertz CT molecular complexity index is 1520. The Labute approximate surface area is 313 Å². The lowest BCUT2D eigenvalue weighted by Gasteiger charge is -2.28. The highest BCUT2D eigenvalue weighted by Gasteiger charge is 2.45. The maximum Gasteiger partial charge on any atom is 0.264 e. The molecule has 4 rings (SSSR count). The van der Waals surface area contributed by atoms with Gasteiger partial charge in [0, 0.05) is 18.8 Å². The number of hydrogen-bond acceptors (Lipinski definition) is 10. The zero-order valence-corrected chi connectivity index (χ0v) is 33.8. The molecule has 1 aromatic rings. The smallest absolute Gasteiger partial charge is 0.264 e. The molecule has 0 bridgehead atoms. The minimum Gasteiger partial charge on any atom is -0.389 e. The van der Waals surface area contributed by atoms with Crippen LogP contribution >= 0.6 is 0 Å². The molecule has 0 aliphatic carbocycles. The van der Waals surface area contributed by atoms with Crippen molar-refractivity contribution in [3.05, 3.63) is 54.1 Å². The van der Waals surface area contributed by atoms with Crippen LogP contribution in [0.2, 0.25) is 0 Å². The Morgan fingerprint density at radius 2 is 1.65 bits per heavy atom. The summed E-state index contributed by atoms with van der Waals surface area (Å²) in [6.45, 7) is 20.0. The van der Waals surface area contributed by atoms with E-state index in [1.54, 1.807) is 12.1 Å². The second-order valence-electron chi connectivity index (χ2n) is 15.6. The molecule has 3 aliphatic rings. The number of rotatable bonds is 21. The van der Waals surface area contributed by atoms with Crippen LogP contribution < -0.4 is 0 Å². The van der Waals surface area contributed by atoms with Gasteiger partial charge in [0.2, 0.25) is 0 Å². The van der Waals surface area contributed by atoms with Crippen molar-refractivity contribution in [1.29, 1.82) is 0 Å². The first kappa shape index (κ1) is 43.1. The van der Waals surface area contributed by atoms with Crippen LogP contribution in [0, 0.1) is 23.7 Å². The molecular weight excluding hydrogens is 705 g/mol. The summed E-state index contributed by atoms with van der Waals surface area (Å²) in [6, 6.07) is 7.08. The molecular formula is C40H64O10S2. The minimum absolute atomic E-state index is 0.0131. The summed E-state index contributed by atoms with van der Waals surface area (Å²) in [5.74, 6) is -0.285. The number of hydrogen-bond donors (Lipinski definition) is 1. The van der Waals surface area contributed by atoms with Crippen LogP contribution in [0.4, 0.5) is 0 Å². The fourth-order valence-electron chi connectivity index (χ4n) is 7.84. The highest BCUT2D eigenvalue weighted by molar-refractivity contribution is 7.91. The maximum absolute atomic E-state index is 13.7. The summed E-state index contributed by atoms with van der Waals surface area (Å²) in [5.41, 5.74) is 2.60. The van der Waals surface area contributed by atoms with E-state index in [1.807, 2.05) is 26.0 Å². The SMILES string of the molecule is C=C([C@H](C)C[C@@H](CC[C@@H]1O[C@@H](CCC2OCCO2)CC1=C)OS(C)(=O)=O)[C@H](O)C[C@@H]1O[C@H](C[C@H](C)CC)[C@H](C)[C@H]1CS(=O)(=O)c1ccc(CC)cc1. The molecule has 3 heterocycles. The number of ether oxygens (including phenoxy) is 4. The molecule has 3 fully saturated rings. The number of aliphatic hydroxyl groups is 1. The zero-order valence-electron chi connectivity index (χ0n) is 32.2. The first-order valence-electron chi connectivity index (χ1n) is 19.3. The van der Waals surface area contributed by atoms with E-state index in [0.717, 1.165) is 55.9 Å². The first-order chi connectivity index (χ1) is 24.5. The van der Waals surface area contributed by atoms with Gasteiger partial charge in [-0.25, -0.2) is 8.42 Å². The third kappa shape index (κ3) is 12.4. The van der Waals surface area contributed by atoms with Crippen molar-refractivity contribution in [3.8, 4) is 0 Å². The van der Waals surface area contributed by atoms with Gasteiger partial charge in [0.1, 0.15) is 0 Å². The molecule has 3 aliphatic heterocycles. The van der Waals surface area contributed by atoms with E-state index in [0.29, 0.717) is 48.9 Å². The predicted octanol–water partition coefficient (Wildman–Crippen LogP) is 6.80. The summed E-state index contributed by atoms with van der Waals surface area (Å²) < 4.78 is 81.5. The molecule has 3 saturated heterocycles. The van der Waals surface area contributed by atoms with Crippen LogP contribution in [0.3, 0.4) is 0 Å². The molecule has 0 unspecified atom stereocenters. The van der Waals surface area contributed by atoms with E-state index in [9.17, 15) is 21.9 Å². The molecule has 10 nitrogen and oxygen atoms in total. The van der Waals surface area contributed by atoms with E-state index < -0.39 is 38.3 Å². The molecule has 52 heavy (non-hydrogen) atoms.